The molecule has 36 heavy (non-hydrogen) atoms. The van der Waals surface area contributed by atoms with Gasteiger partial charge < -0.3 is 10.1 Å². The van der Waals surface area contributed by atoms with Crippen molar-refractivity contribution >= 4 is 34.8 Å². The lowest BCUT2D eigenvalue weighted by Gasteiger charge is -2.20. The van der Waals surface area contributed by atoms with Crippen LogP contribution in [0.5, 0.6) is 5.75 Å². The van der Waals surface area contributed by atoms with Gasteiger partial charge in [-0.25, -0.2) is 19.1 Å². The van der Waals surface area contributed by atoms with Gasteiger partial charge in [-0.15, -0.1) is 0 Å². The van der Waals surface area contributed by atoms with Crippen LogP contribution in [0, 0.1) is 12.7 Å². The fourth-order valence-corrected chi connectivity index (χ4v) is 3.63. The van der Waals surface area contributed by atoms with Gasteiger partial charge in [0.2, 0.25) is 6.41 Å². The number of carbonyl (C=O) groups is 2. The smallest absolute Gasteiger partial charge is 0.419 e. The average Bonchev–Trinajstić information content (AvgIpc) is 3.13. The maximum Gasteiger partial charge on any atom is 0.419 e. The van der Waals surface area contributed by atoms with Gasteiger partial charge >= 0.3 is 12.2 Å². The fraction of sp³-hybridized carbons (Fsp3) is 0.167. The van der Waals surface area contributed by atoms with E-state index in [4.69, 9.17) is 4.74 Å². The lowest BCUT2D eigenvalue weighted by atomic mass is 10.1. The molecule has 0 unspecified atom stereocenters. The summed E-state index contributed by atoms with van der Waals surface area (Å²) in [4.78, 5) is 29.3. The van der Waals surface area contributed by atoms with E-state index >= 15 is 0 Å². The third-order valence-electron chi connectivity index (χ3n) is 5.30. The maximum absolute atomic E-state index is 13.7. The summed E-state index contributed by atoms with van der Waals surface area (Å²) in [6, 6.07) is 9.89. The molecule has 2 aromatic heterocycles. The number of anilines is 2. The highest BCUT2D eigenvalue weighted by molar-refractivity contribution is 6.13. The van der Waals surface area contributed by atoms with Gasteiger partial charge in [0.25, 0.3) is 0 Å². The van der Waals surface area contributed by atoms with E-state index in [0.29, 0.717) is 33.8 Å². The molecule has 0 saturated heterocycles. The lowest BCUT2D eigenvalue weighted by Crippen LogP contribution is -2.34. The number of rotatable bonds is 6. The highest BCUT2D eigenvalue weighted by atomic mass is 19.4. The topological polar surface area (TPSA) is 89.4 Å². The molecule has 2 heterocycles. The standard InChI is InChI=1S/C24H19F4N5O3/c1-14-20-21(36-12-15-6-4-3-5-7-15)19(11-29-22(20)32(2)31-14)30-23(35)33(13-34)16-8-9-18(25)17(10-16)24(26,27)28/h3-11,13H,12H2,1-2H3,(H,30,35). The number of fused-ring (bicyclic) bond motifs is 1. The van der Waals surface area contributed by atoms with Gasteiger partial charge in [0, 0.05) is 7.05 Å². The number of nitrogens with one attached hydrogen (secondary N) is 1. The number of carbonyl (C=O) groups excluding carboxylic acids is 2. The van der Waals surface area contributed by atoms with Crippen molar-refractivity contribution in [1.82, 2.24) is 14.8 Å². The molecule has 0 aliphatic rings. The zero-order valence-corrected chi connectivity index (χ0v) is 19.0. The van der Waals surface area contributed by atoms with Crippen molar-refractivity contribution in [3.8, 4) is 5.75 Å². The Kier molecular flexibility index (Phi) is 6.60. The monoisotopic (exact) mass is 501 g/mol. The number of imide groups is 1. The molecule has 4 rings (SSSR count). The van der Waals surface area contributed by atoms with E-state index in [2.05, 4.69) is 15.4 Å². The van der Waals surface area contributed by atoms with E-state index in [-0.39, 0.29) is 24.5 Å². The number of benzene rings is 2. The number of nitrogens with zero attached hydrogens (tertiary/aromatic N) is 4. The number of aryl methyl sites for hydroxylation is 2. The van der Waals surface area contributed by atoms with Gasteiger partial charge in [-0.1, -0.05) is 30.3 Å². The van der Waals surface area contributed by atoms with Crippen LogP contribution in [0.25, 0.3) is 11.0 Å². The first-order valence-corrected chi connectivity index (χ1v) is 10.5. The third-order valence-corrected chi connectivity index (χ3v) is 5.30. The van der Waals surface area contributed by atoms with E-state index in [1.54, 1.807) is 14.0 Å². The molecule has 0 radical (unpaired) electrons. The van der Waals surface area contributed by atoms with Crippen molar-refractivity contribution in [1.29, 1.82) is 0 Å². The normalized spacial score (nSPS) is 11.4. The Morgan fingerprint density at radius 1 is 1.19 bits per heavy atom. The SMILES string of the molecule is Cc1nn(C)c2ncc(NC(=O)N(C=O)c3ccc(F)c(C(F)(F)F)c3)c(OCc3ccccc3)c12. The summed E-state index contributed by atoms with van der Waals surface area (Å²) < 4.78 is 60.6. The van der Waals surface area contributed by atoms with Crippen LogP contribution in [-0.4, -0.2) is 27.2 Å². The number of urea groups is 1. The predicted molar refractivity (Wildman–Crippen MR) is 123 cm³/mol. The van der Waals surface area contributed by atoms with Gasteiger partial charge in [0.05, 0.1) is 28.5 Å². The minimum absolute atomic E-state index is 0.0223. The Morgan fingerprint density at radius 3 is 2.58 bits per heavy atom. The first-order valence-electron chi connectivity index (χ1n) is 10.5. The van der Waals surface area contributed by atoms with Gasteiger partial charge in [-0.3, -0.25) is 9.48 Å². The second-order valence-corrected chi connectivity index (χ2v) is 7.75. The zero-order valence-electron chi connectivity index (χ0n) is 19.0. The quantitative estimate of drug-likeness (QED) is 0.290. The number of ether oxygens (including phenoxy) is 1. The molecule has 8 nitrogen and oxygen atoms in total. The predicted octanol–water partition coefficient (Wildman–Crippen LogP) is 5.21. The summed E-state index contributed by atoms with van der Waals surface area (Å²) in [6.07, 6.45) is -3.71. The minimum atomic E-state index is -5.02. The van der Waals surface area contributed by atoms with E-state index < -0.39 is 29.3 Å². The first kappa shape index (κ1) is 24.6. The second kappa shape index (κ2) is 9.64. The molecule has 0 atom stereocenters. The van der Waals surface area contributed by atoms with E-state index in [1.807, 2.05) is 30.3 Å². The van der Waals surface area contributed by atoms with Gasteiger partial charge in [0.1, 0.15) is 18.1 Å². The Bertz CT molecular complexity index is 1440. The molecule has 0 bridgehead atoms. The Balaban J connectivity index is 1.70. The molecule has 0 saturated carbocycles. The summed E-state index contributed by atoms with van der Waals surface area (Å²) >= 11 is 0. The summed E-state index contributed by atoms with van der Waals surface area (Å²) in [5.41, 5.74) is -0.171. The summed E-state index contributed by atoms with van der Waals surface area (Å²) in [5.74, 6) is -1.32. The van der Waals surface area contributed by atoms with Crippen LogP contribution in [-0.2, 0) is 24.6 Å². The number of hydrogen-bond donors (Lipinski definition) is 1. The zero-order chi connectivity index (χ0) is 26.0. The molecule has 0 fully saturated rings. The van der Waals surface area contributed by atoms with Crippen LogP contribution in [0.2, 0.25) is 0 Å². The molecule has 0 aliphatic heterocycles. The van der Waals surface area contributed by atoms with Crippen LogP contribution in [0.3, 0.4) is 0 Å². The van der Waals surface area contributed by atoms with Crippen molar-refractivity contribution in [3.63, 3.8) is 0 Å². The Labute approximate surface area is 202 Å². The van der Waals surface area contributed by atoms with Crippen molar-refractivity contribution in [2.24, 2.45) is 7.05 Å². The highest BCUT2D eigenvalue weighted by Crippen LogP contribution is 2.36. The number of aromatic nitrogens is 3. The largest absolute Gasteiger partial charge is 0.486 e. The molecule has 0 aliphatic carbocycles. The van der Waals surface area contributed by atoms with E-state index in [1.165, 1.54) is 10.9 Å². The lowest BCUT2D eigenvalue weighted by molar-refractivity contribution is -0.140. The maximum atomic E-state index is 13.7. The third kappa shape index (κ3) is 4.83. The highest BCUT2D eigenvalue weighted by Gasteiger charge is 2.35. The van der Waals surface area contributed by atoms with Crippen molar-refractivity contribution in [2.75, 3.05) is 10.2 Å². The molecule has 1 N–H and O–H groups in total. The first-order chi connectivity index (χ1) is 17.1. The molecular formula is C24H19F4N5O3. The molecule has 3 amide bonds. The number of hydrogen-bond acceptors (Lipinski definition) is 5. The molecule has 0 spiro atoms. The van der Waals surface area contributed by atoms with E-state index in [0.717, 1.165) is 11.6 Å². The fourth-order valence-electron chi connectivity index (χ4n) is 3.63. The number of amides is 3. The van der Waals surface area contributed by atoms with Crippen LogP contribution in [0.15, 0.2) is 54.7 Å². The van der Waals surface area contributed by atoms with Crippen molar-refractivity contribution < 1.29 is 31.9 Å². The van der Waals surface area contributed by atoms with Crippen LogP contribution in [0.4, 0.5) is 33.7 Å². The van der Waals surface area contributed by atoms with Gasteiger partial charge in [-0.2, -0.15) is 18.3 Å². The molecule has 2 aromatic carbocycles. The number of halogens is 4. The van der Waals surface area contributed by atoms with Gasteiger partial charge in [-0.05, 0) is 30.7 Å². The minimum Gasteiger partial charge on any atom is -0.486 e. The summed E-state index contributed by atoms with van der Waals surface area (Å²) in [7, 11) is 1.68. The number of alkyl halides is 3. The molecular weight excluding hydrogens is 482 g/mol. The average molecular weight is 501 g/mol. The molecule has 12 heteroatoms. The molecule has 4 aromatic rings. The number of pyridine rings is 1. The van der Waals surface area contributed by atoms with Crippen molar-refractivity contribution in [3.05, 3.63) is 77.4 Å². The Morgan fingerprint density at radius 2 is 1.92 bits per heavy atom. The Hall–Kier alpha value is -4.48. The summed E-state index contributed by atoms with van der Waals surface area (Å²) in [5, 5.41) is 7.28. The second-order valence-electron chi connectivity index (χ2n) is 7.75. The van der Waals surface area contributed by atoms with Crippen molar-refractivity contribution in [2.45, 2.75) is 19.7 Å². The van der Waals surface area contributed by atoms with Gasteiger partial charge in [0.15, 0.2) is 11.4 Å². The molecule has 186 valence electrons. The van der Waals surface area contributed by atoms with Crippen LogP contribution >= 0.6 is 0 Å². The van der Waals surface area contributed by atoms with Crippen LogP contribution < -0.4 is 15.0 Å². The van der Waals surface area contributed by atoms with E-state index in [9.17, 15) is 27.2 Å². The summed E-state index contributed by atoms with van der Waals surface area (Å²) in [6.45, 7) is 1.85. The van der Waals surface area contributed by atoms with Crippen LogP contribution in [0.1, 0.15) is 16.8 Å².